The summed E-state index contributed by atoms with van der Waals surface area (Å²) in [6.07, 6.45) is 5.05. The monoisotopic (exact) mass is 380 g/mol. The highest BCUT2D eigenvalue weighted by atomic mass is 79.9. The summed E-state index contributed by atoms with van der Waals surface area (Å²) in [4.78, 5) is 11.6. The fourth-order valence-electron chi connectivity index (χ4n) is 1.94. The molecule has 1 aromatic carbocycles. The van der Waals surface area contributed by atoms with Crippen LogP contribution in [0.4, 0.5) is 4.39 Å². The van der Waals surface area contributed by atoms with Gasteiger partial charge in [-0.25, -0.2) is 4.39 Å². The number of nitrogens with two attached hydrogens (primary N) is 1. The van der Waals surface area contributed by atoms with E-state index < -0.39 is 0 Å². The van der Waals surface area contributed by atoms with Gasteiger partial charge in [0.15, 0.2) is 0 Å². The molecule has 0 saturated carbocycles. The first kappa shape index (κ1) is 20.3. The molecule has 120 valence electrons. The maximum atomic E-state index is 13.5. The summed E-state index contributed by atoms with van der Waals surface area (Å²) < 4.78 is 14.3. The van der Waals surface area contributed by atoms with Gasteiger partial charge in [0, 0.05) is 17.4 Å². The first-order valence-electron chi connectivity index (χ1n) is 7.04. The summed E-state index contributed by atoms with van der Waals surface area (Å²) in [6, 6.07) is 4.84. The smallest absolute Gasteiger partial charge is 0.220 e. The van der Waals surface area contributed by atoms with Gasteiger partial charge in [0.05, 0.1) is 0 Å². The summed E-state index contributed by atoms with van der Waals surface area (Å²) in [5, 5.41) is 2.82. The van der Waals surface area contributed by atoms with Gasteiger partial charge in [0.2, 0.25) is 5.91 Å². The second-order valence-corrected chi connectivity index (χ2v) is 5.70. The van der Waals surface area contributed by atoms with Gasteiger partial charge in [0.25, 0.3) is 0 Å². The molecule has 0 aliphatic carbocycles. The molecule has 0 bridgehead atoms. The first-order valence-corrected chi connectivity index (χ1v) is 7.83. The average Bonchev–Trinajstić information content (AvgIpc) is 2.42. The number of unbranched alkanes of at least 4 members (excludes halogenated alkanes) is 3. The fourth-order valence-corrected chi connectivity index (χ4v) is 2.35. The third-order valence-electron chi connectivity index (χ3n) is 3.08. The standard InChI is InChI=1S/C15H22BrFN2O.ClH/c16-13-6-7-14(17)12(11-13)8-10-19-15(20)5-3-1-2-4-9-18;/h6-7,11H,1-5,8-10,18H2,(H,19,20);1H. The summed E-state index contributed by atoms with van der Waals surface area (Å²) in [7, 11) is 0. The number of carbonyl (C=O) groups is 1. The Morgan fingerprint density at radius 1 is 1.24 bits per heavy atom. The van der Waals surface area contributed by atoms with Crippen LogP contribution in [0.1, 0.15) is 37.7 Å². The Morgan fingerprint density at radius 3 is 2.67 bits per heavy atom. The van der Waals surface area contributed by atoms with Crippen LogP contribution < -0.4 is 11.1 Å². The van der Waals surface area contributed by atoms with E-state index in [1.165, 1.54) is 6.07 Å². The van der Waals surface area contributed by atoms with E-state index in [4.69, 9.17) is 5.73 Å². The van der Waals surface area contributed by atoms with Crippen LogP contribution in [0.3, 0.4) is 0 Å². The maximum absolute atomic E-state index is 13.5. The number of benzene rings is 1. The molecule has 0 aliphatic rings. The van der Waals surface area contributed by atoms with E-state index in [0.29, 0.717) is 31.5 Å². The van der Waals surface area contributed by atoms with Gasteiger partial charge in [-0.2, -0.15) is 0 Å². The number of halogens is 3. The Balaban J connectivity index is 0.00000400. The molecule has 21 heavy (non-hydrogen) atoms. The van der Waals surface area contributed by atoms with Gasteiger partial charge in [0.1, 0.15) is 5.82 Å². The lowest BCUT2D eigenvalue weighted by Gasteiger charge is -2.07. The number of rotatable bonds is 9. The normalized spacial score (nSPS) is 10.0. The van der Waals surface area contributed by atoms with Crippen molar-refractivity contribution in [1.82, 2.24) is 5.32 Å². The third kappa shape index (κ3) is 9.06. The number of carbonyl (C=O) groups excluding carboxylic acids is 1. The lowest BCUT2D eigenvalue weighted by molar-refractivity contribution is -0.121. The predicted octanol–water partition coefficient (Wildman–Crippen LogP) is 3.58. The van der Waals surface area contributed by atoms with Crippen LogP contribution in [-0.2, 0) is 11.2 Å². The number of hydrogen-bond donors (Lipinski definition) is 2. The molecule has 1 rings (SSSR count). The van der Waals surface area contributed by atoms with Crippen LogP contribution in [0, 0.1) is 5.82 Å². The molecule has 0 radical (unpaired) electrons. The van der Waals surface area contributed by atoms with Crippen molar-refractivity contribution in [2.45, 2.75) is 38.5 Å². The molecule has 3 N–H and O–H groups in total. The fraction of sp³-hybridized carbons (Fsp3) is 0.533. The maximum Gasteiger partial charge on any atom is 0.220 e. The highest BCUT2D eigenvalue weighted by Crippen LogP contribution is 2.15. The minimum Gasteiger partial charge on any atom is -0.356 e. The molecule has 0 fully saturated rings. The number of nitrogens with one attached hydrogen (secondary N) is 1. The van der Waals surface area contributed by atoms with Gasteiger partial charge in [-0.3, -0.25) is 4.79 Å². The van der Waals surface area contributed by atoms with Crippen LogP contribution in [0.2, 0.25) is 0 Å². The van der Waals surface area contributed by atoms with Crippen molar-refractivity contribution in [3.8, 4) is 0 Å². The SMILES string of the molecule is Cl.NCCCCCCC(=O)NCCc1cc(Br)ccc1F. The largest absolute Gasteiger partial charge is 0.356 e. The Labute approximate surface area is 140 Å². The van der Waals surface area contributed by atoms with E-state index in [-0.39, 0.29) is 24.1 Å². The van der Waals surface area contributed by atoms with Crippen molar-refractivity contribution in [3.05, 3.63) is 34.1 Å². The Hall–Kier alpha value is -0.650. The first-order chi connectivity index (χ1) is 9.63. The molecule has 3 nitrogen and oxygen atoms in total. The van der Waals surface area contributed by atoms with E-state index in [9.17, 15) is 9.18 Å². The quantitative estimate of drug-likeness (QED) is 0.642. The topological polar surface area (TPSA) is 55.1 Å². The van der Waals surface area contributed by atoms with Gasteiger partial charge >= 0.3 is 0 Å². The van der Waals surface area contributed by atoms with Crippen molar-refractivity contribution in [3.63, 3.8) is 0 Å². The Morgan fingerprint density at radius 2 is 1.95 bits per heavy atom. The van der Waals surface area contributed by atoms with Gasteiger partial charge in [-0.1, -0.05) is 28.8 Å². The highest BCUT2D eigenvalue weighted by Gasteiger charge is 2.04. The average molecular weight is 382 g/mol. The summed E-state index contributed by atoms with van der Waals surface area (Å²) in [6.45, 7) is 1.18. The summed E-state index contributed by atoms with van der Waals surface area (Å²) in [5.74, 6) is -0.197. The van der Waals surface area contributed by atoms with Gasteiger partial charge in [-0.05, 0) is 49.6 Å². The Kier molecular flexibility index (Phi) is 11.6. The van der Waals surface area contributed by atoms with Crippen molar-refractivity contribution in [1.29, 1.82) is 0 Å². The molecule has 0 heterocycles. The van der Waals surface area contributed by atoms with Gasteiger partial charge < -0.3 is 11.1 Å². The summed E-state index contributed by atoms with van der Waals surface area (Å²) in [5.41, 5.74) is 6.01. The van der Waals surface area contributed by atoms with E-state index in [0.717, 1.165) is 30.2 Å². The predicted molar refractivity (Wildman–Crippen MR) is 90.2 cm³/mol. The van der Waals surface area contributed by atoms with Crippen LogP contribution in [0.15, 0.2) is 22.7 Å². The molecule has 1 amide bonds. The molecule has 0 aromatic heterocycles. The zero-order valence-electron chi connectivity index (χ0n) is 12.0. The lowest BCUT2D eigenvalue weighted by atomic mass is 10.1. The van der Waals surface area contributed by atoms with Gasteiger partial charge in [-0.15, -0.1) is 12.4 Å². The molecule has 1 aromatic rings. The van der Waals surface area contributed by atoms with E-state index >= 15 is 0 Å². The molecule has 0 spiro atoms. The second kappa shape index (κ2) is 12.0. The van der Waals surface area contributed by atoms with Crippen LogP contribution >= 0.6 is 28.3 Å². The second-order valence-electron chi connectivity index (χ2n) is 4.79. The van der Waals surface area contributed by atoms with Crippen LogP contribution in [0.25, 0.3) is 0 Å². The zero-order chi connectivity index (χ0) is 14.8. The van der Waals surface area contributed by atoms with E-state index in [1.807, 2.05) is 0 Å². The molecular weight excluding hydrogens is 359 g/mol. The van der Waals surface area contributed by atoms with Crippen molar-refractivity contribution in [2.75, 3.05) is 13.1 Å². The molecule has 0 atom stereocenters. The minimum absolute atomic E-state index is 0. The van der Waals surface area contributed by atoms with Crippen molar-refractivity contribution >= 4 is 34.2 Å². The summed E-state index contributed by atoms with van der Waals surface area (Å²) >= 11 is 3.31. The van der Waals surface area contributed by atoms with E-state index in [2.05, 4.69) is 21.2 Å². The molecular formula is C15H23BrClFN2O. The zero-order valence-corrected chi connectivity index (χ0v) is 14.4. The van der Waals surface area contributed by atoms with E-state index in [1.54, 1.807) is 12.1 Å². The molecule has 0 saturated heterocycles. The van der Waals surface area contributed by atoms with Crippen molar-refractivity contribution < 1.29 is 9.18 Å². The number of amides is 1. The lowest BCUT2D eigenvalue weighted by Crippen LogP contribution is -2.25. The highest BCUT2D eigenvalue weighted by molar-refractivity contribution is 9.10. The molecule has 6 heteroatoms. The molecule has 0 unspecified atom stereocenters. The number of hydrogen-bond acceptors (Lipinski definition) is 2. The van der Waals surface area contributed by atoms with Crippen molar-refractivity contribution in [2.24, 2.45) is 5.73 Å². The molecule has 0 aliphatic heterocycles. The van der Waals surface area contributed by atoms with Crippen LogP contribution in [0.5, 0.6) is 0 Å². The van der Waals surface area contributed by atoms with Crippen LogP contribution in [-0.4, -0.2) is 19.0 Å². The minimum atomic E-state index is -0.232. The third-order valence-corrected chi connectivity index (χ3v) is 3.58. The Bertz CT molecular complexity index is 432.